The molecule has 1 saturated heterocycles. The van der Waals surface area contributed by atoms with Gasteiger partial charge in [0, 0.05) is 38.3 Å². The average Bonchev–Trinajstić information content (AvgIpc) is 3.26. The molecule has 0 radical (unpaired) electrons. The molecule has 2 fully saturated rings. The van der Waals surface area contributed by atoms with E-state index in [1.54, 1.807) is 0 Å². The standard InChI is InChI=1S/C17H24N2O/c1-13-3-6-16(11-14(13)2)17(20)19-9-7-18(8-10-19)12-15-4-5-15/h3,6,11,15H,4-5,7-10,12H2,1-2H3. The molecule has 1 aromatic rings. The van der Waals surface area contributed by atoms with E-state index in [-0.39, 0.29) is 5.91 Å². The Hall–Kier alpha value is -1.35. The van der Waals surface area contributed by atoms with E-state index in [1.165, 1.54) is 30.5 Å². The number of nitrogens with zero attached hydrogens (tertiary/aromatic N) is 2. The minimum absolute atomic E-state index is 0.194. The van der Waals surface area contributed by atoms with Crippen molar-refractivity contribution in [1.82, 2.24) is 9.80 Å². The van der Waals surface area contributed by atoms with Gasteiger partial charge in [0.05, 0.1) is 0 Å². The van der Waals surface area contributed by atoms with Crippen LogP contribution in [-0.4, -0.2) is 48.4 Å². The van der Waals surface area contributed by atoms with Crippen LogP contribution in [0.15, 0.2) is 18.2 Å². The highest BCUT2D eigenvalue weighted by molar-refractivity contribution is 5.94. The maximum atomic E-state index is 12.5. The Morgan fingerprint density at radius 2 is 1.80 bits per heavy atom. The highest BCUT2D eigenvalue weighted by Crippen LogP contribution is 2.30. The lowest BCUT2D eigenvalue weighted by Gasteiger charge is -2.34. The Labute approximate surface area is 121 Å². The molecule has 2 aliphatic rings. The Bertz CT molecular complexity index is 500. The molecule has 108 valence electrons. The third-order valence-corrected chi connectivity index (χ3v) is 4.63. The molecule has 1 saturated carbocycles. The number of benzene rings is 1. The molecule has 1 aliphatic carbocycles. The highest BCUT2D eigenvalue weighted by Gasteiger charge is 2.27. The molecule has 0 atom stereocenters. The largest absolute Gasteiger partial charge is 0.336 e. The lowest BCUT2D eigenvalue weighted by atomic mass is 10.1. The van der Waals surface area contributed by atoms with Crippen molar-refractivity contribution in [2.24, 2.45) is 5.92 Å². The molecule has 0 N–H and O–H groups in total. The van der Waals surface area contributed by atoms with Crippen molar-refractivity contribution in [1.29, 1.82) is 0 Å². The van der Waals surface area contributed by atoms with Gasteiger partial charge in [-0.25, -0.2) is 0 Å². The van der Waals surface area contributed by atoms with Gasteiger partial charge in [0.1, 0.15) is 0 Å². The van der Waals surface area contributed by atoms with Crippen molar-refractivity contribution in [2.75, 3.05) is 32.7 Å². The van der Waals surface area contributed by atoms with Gasteiger partial charge in [-0.3, -0.25) is 9.69 Å². The normalized spacial score (nSPS) is 20.2. The molecule has 20 heavy (non-hydrogen) atoms. The average molecular weight is 272 g/mol. The maximum Gasteiger partial charge on any atom is 0.253 e. The van der Waals surface area contributed by atoms with Gasteiger partial charge in [-0.2, -0.15) is 0 Å². The molecule has 0 bridgehead atoms. The number of rotatable bonds is 3. The van der Waals surface area contributed by atoms with Crippen molar-refractivity contribution < 1.29 is 4.79 Å². The number of amides is 1. The van der Waals surface area contributed by atoms with Gasteiger partial charge >= 0.3 is 0 Å². The third-order valence-electron chi connectivity index (χ3n) is 4.63. The smallest absolute Gasteiger partial charge is 0.253 e. The summed E-state index contributed by atoms with van der Waals surface area (Å²) >= 11 is 0. The monoisotopic (exact) mass is 272 g/mol. The van der Waals surface area contributed by atoms with Gasteiger partial charge < -0.3 is 4.90 Å². The fourth-order valence-corrected chi connectivity index (χ4v) is 2.86. The molecule has 1 aliphatic heterocycles. The summed E-state index contributed by atoms with van der Waals surface area (Å²) in [4.78, 5) is 17.0. The van der Waals surface area contributed by atoms with Crippen LogP contribution in [0.25, 0.3) is 0 Å². The van der Waals surface area contributed by atoms with Crippen LogP contribution >= 0.6 is 0 Å². The van der Waals surface area contributed by atoms with Gasteiger partial charge in [0.15, 0.2) is 0 Å². The quantitative estimate of drug-likeness (QED) is 0.844. The Morgan fingerprint density at radius 3 is 2.40 bits per heavy atom. The number of hydrogen-bond donors (Lipinski definition) is 0. The molecular weight excluding hydrogens is 248 g/mol. The maximum absolute atomic E-state index is 12.5. The number of aryl methyl sites for hydroxylation is 2. The van der Waals surface area contributed by atoms with E-state index < -0.39 is 0 Å². The number of carbonyl (C=O) groups excluding carboxylic acids is 1. The fraction of sp³-hybridized carbons (Fsp3) is 0.588. The summed E-state index contributed by atoms with van der Waals surface area (Å²) in [6, 6.07) is 6.03. The second-order valence-electron chi connectivity index (χ2n) is 6.34. The van der Waals surface area contributed by atoms with Gasteiger partial charge in [0.2, 0.25) is 0 Å². The van der Waals surface area contributed by atoms with Crippen molar-refractivity contribution in [3.63, 3.8) is 0 Å². The van der Waals surface area contributed by atoms with Crippen molar-refractivity contribution in [3.8, 4) is 0 Å². The van der Waals surface area contributed by atoms with E-state index >= 15 is 0 Å². The van der Waals surface area contributed by atoms with Crippen LogP contribution in [0, 0.1) is 19.8 Å². The zero-order chi connectivity index (χ0) is 14.1. The van der Waals surface area contributed by atoms with E-state index in [2.05, 4.69) is 18.7 Å². The lowest BCUT2D eigenvalue weighted by Crippen LogP contribution is -2.49. The van der Waals surface area contributed by atoms with Crippen LogP contribution in [-0.2, 0) is 0 Å². The van der Waals surface area contributed by atoms with Crippen molar-refractivity contribution in [3.05, 3.63) is 34.9 Å². The van der Waals surface area contributed by atoms with Crippen molar-refractivity contribution in [2.45, 2.75) is 26.7 Å². The third kappa shape index (κ3) is 3.04. The molecule has 1 aromatic carbocycles. The minimum atomic E-state index is 0.194. The van der Waals surface area contributed by atoms with E-state index in [0.29, 0.717) is 0 Å². The molecular formula is C17H24N2O. The highest BCUT2D eigenvalue weighted by atomic mass is 16.2. The Balaban J connectivity index is 1.58. The van der Waals surface area contributed by atoms with Gasteiger partial charge in [-0.05, 0) is 55.9 Å². The van der Waals surface area contributed by atoms with E-state index in [1.807, 2.05) is 23.1 Å². The molecule has 1 amide bonds. The summed E-state index contributed by atoms with van der Waals surface area (Å²) < 4.78 is 0. The summed E-state index contributed by atoms with van der Waals surface area (Å²) in [5, 5.41) is 0. The number of hydrogen-bond acceptors (Lipinski definition) is 2. The predicted molar refractivity (Wildman–Crippen MR) is 81.0 cm³/mol. The Morgan fingerprint density at radius 1 is 1.10 bits per heavy atom. The molecule has 1 heterocycles. The van der Waals surface area contributed by atoms with Crippen molar-refractivity contribution >= 4 is 5.91 Å². The van der Waals surface area contributed by atoms with Crippen LogP contribution in [0.4, 0.5) is 0 Å². The molecule has 3 nitrogen and oxygen atoms in total. The van der Waals surface area contributed by atoms with Gasteiger partial charge in [0.25, 0.3) is 5.91 Å². The number of carbonyl (C=O) groups is 1. The van der Waals surface area contributed by atoms with E-state index in [0.717, 1.165) is 37.7 Å². The molecule has 3 heteroatoms. The van der Waals surface area contributed by atoms with Gasteiger partial charge in [-0.1, -0.05) is 6.07 Å². The first kappa shape index (κ1) is 13.6. The Kier molecular flexibility index (Phi) is 3.79. The zero-order valence-corrected chi connectivity index (χ0v) is 12.6. The minimum Gasteiger partial charge on any atom is -0.336 e. The molecule has 0 spiro atoms. The van der Waals surface area contributed by atoms with E-state index in [9.17, 15) is 4.79 Å². The topological polar surface area (TPSA) is 23.6 Å². The first-order valence-corrected chi connectivity index (χ1v) is 7.72. The summed E-state index contributed by atoms with van der Waals surface area (Å²) in [5.41, 5.74) is 3.28. The van der Waals surface area contributed by atoms with Crippen LogP contribution < -0.4 is 0 Å². The number of piperazine rings is 1. The first-order chi connectivity index (χ1) is 9.63. The van der Waals surface area contributed by atoms with E-state index in [4.69, 9.17) is 0 Å². The second-order valence-corrected chi connectivity index (χ2v) is 6.34. The zero-order valence-electron chi connectivity index (χ0n) is 12.6. The van der Waals surface area contributed by atoms with Crippen LogP contribution in [0.2, 0.25) is 0 Å². The molecule has 3 rings (SSSR count). The van der Waals surface area contributed by atoms with Crippen LogP contribution in [0.1, 0.15) is 34.3 Å². The lowest BCUT2D eigenvalue weighted by molar-refractivity contribution is 0.0632. The summed E-state index contributed by atoms with van der Waals surface area (Å²) in [6.07, 6.45) is 2.81. The fourth-order valence-electron chi connectivity index (χ4n) is 2.86. The second kappa shape index (κ2) is 5.57. The summed E-state index contributed by atoms with van der Waals surface area (Å²) in [5.74, 6) is 1.14. The van der Waals surface area contributed by atoms with Crippen LogP contribution in [0.5, 0.6) is 0 Å². The SMILES string of the molecule is Cc1ccc(C(=O)N2CCN(CC3CC3)CC2)cc1C. The summed E-state index contributed by atoms with van der Waals surface area (Å²) in [7, 11) is 0. The predicted octanol–water partition coefficient (Wildman–Crippen LogP) is 2.47. The van der Waals surface area contributed by atoms with Crippen LogP contribution in [0.3, 0.4) is 0 Å². The summed E-state index contributed by atoms with van der Waals surface area (Å²) in [6.45, 7) is 9.21. The molecule has 0 unspecified atom stereocenters. The van der Waals surface area contributed by atoms with Gasteiger partial charge in [-0.15, -0.1) is 0 Å². The molecule has 0 aromatic heterocycles. The first-order valence-electron chi connectivity index (χ1n) is 7.72.